The molecule has 0 spiro atoms. The van der Waals surface area contributed by atoms with E-state index >= 15 is 0 Å². The van der Waals surface area contributed by atoms with Gasteiger partial charge in [0.1, 0.15) is 0 Å². The molecule has 1 aliphatic rings. The van der Waals surface area contributed by atoms with Crippen LogP contribution in [-0.2, 0) is 0 Å². The molecule has 98 valence electrons. The van der Waals surface area contributed by atoms with Crippen molar-refractivity contribution in [1.29, 1.82) is 5.26 Å². The van der Waals surface area contributed by atoms with E-state index in [-0.39, 0.29) is 5.92 Å². The van der Waals surface area contributed by atoms with Gasteiger partial charge in [-0.1, -0.05) is 18.2 Å². The lowest BCUT2D eigenvalue weighted by molar-refractivity contribution is 0.0692. The van der Waals surface area contributed by atoms with Crippen LogP contribution in [0.25, 0.3) is 0 Å². The zero-order valence-corrected chi connectivity index (χ0v) is 11.7. The quantitative estimate of drug-likeness (QED) is 0.825. The first-order chi connectivity index (χ1) is 9.04. The standard InChI is InChI=1S/C15H15NO2S/c1-10-7-12(11(2)9-16)8-13(15(17)18)14(10)19-5-3-4-6-19/h3-8,11,19H,1-2H3,(H,17,18). The van der Waals surface area contributed by atoms with Gasteiger partial charge in [0.25, 0.3) is 0 Å². The summed E-state index contributed by atoms with van der Waals surface area (Å²) in [5.41, 5.74) is 2.03. The molecule has 0 bridgehead atoms. The van der Waals surface area contributed by atoms with Crippen molar-refractivity contribution in [3.63, 3.8) is 0 Å². The smallest absolute Gasteiger partial charge is 0.336 e. The van der Waals surface area contributed by atoms with Crippen molar-refractivity contribution < 1.29 is 9.90 Å². The summed E-state index contributed by atoms with van der Waals surface area (Å²) in [7, 11) is -0.675. The van der Waals surface area contributed by atoms with Crippen LogP contribution in [0.1, 0.15) is 34.3 Å². The number of nitriles is 1. The van der Waals surface area contributed by atoms with E-state index in [2.05, 4.69) is 6.07 Å². The van der Waals surface area contributed by atoms with Gasteiger partial charge in [0.05, 0.1) is 17.6 Å². The predicted octanol–water partition coefficient (Wildman–Crippen LogP) is 3.72. The van der Waals surface area contributed by atoms with E-state index in [1.807, 2.05) is 36.0 Å². The molecule has 0 aliphatic carbocycles. The molecule has 4 heteroatoms. The highest BCUT2D eigenvalue weighted by molar-refractivity contribution is 8.22. The number of hydrogen-bond acceptors (Lipinski definition) is 2. The number of aromatic carboxylic acids is 1. The Bertz CT molecular complexity index is 614. The van der Waals surface area contributed by atoms with Crippen LogP contribution in [0, 0.1) is 18.3 Å². The average molecular weight is 273 g/mol. The first-order valence-electron chi connectivity index (χ1n) is 5.95. The van der Waals surface area contributed by atoms with E-state index in [1.54, 1.807) is 13.0 Å². The third-order valence-corrected chi connectivity index (χ3v) is 5.21. The van der Waals surface area contributed by atoms with Crippen LogP contribution in [-0.4, -0.2) is 11.1 Å². The monoisotopic (exact) mass is 273 g/mol. The van der Waals surface area contributed by atoms with Crippen molar-refractivity contribution in [1.82, 2.24) is 0 Å². The fourth-order valence-corrected chi connectivity index (χ4v) is 4.00. The summed E-state index contributed by atoms with van der Waals surface area (Å²) in [4.78, 5) is 12.3. The highest BCUT2D eigenvalue weighted by atomic mass is 32.2. The van der Waals surface area contributed by atoms with Gasteiger partial charge in [-0.2, -0.15) is 16.2 Å². The minimum atomic E-state index is -0.929. The van der Waals surface area contributed by atoms with Crippen LogP contribution in [0.3, 0.4) is 0 Å². The number of aryl methyl sites for hydroxylation is 1. The molecule has 0 saturated heterocycles. The molecule has 0 fully saturated rings. The molecule has 1 unspecified atom stereocenters. The van der Waals surface area contributed by atoms with Crippen molar-refractivity contribution in [3.05, 3.63) is 51.8 Å². The molecule has 1 atom stereocenters. The Morgan fingerprint density at radius 1 is 1.37 bits per heavy atom. The second-order valence-electron chi connectivity index (χ2n) is 4.48. The number of hydrogen-bond donors (Lipinski definition) is 2. The van der Waals surface area contributed by atoms with Gasteiger partial charge in [-0.15, -0.1) is 0 Å². The van der Waals surface area contributed by atoms with Gasteiger partial charge in [0, 0.05) is 4.90 Å². The zero-order chi connectivity index (χ0) is 14.0. The number of thiol groups is 1. The Hall–Kier alpha value is -1.99. The summed E-state index contributed by atoms with van der Waals surface area (Å²) in [6, 6.07) is 5.72. The van der Waals surface area contributed by atoms with Gasteiger partial charge in [-0.3, -0.25) is 0 Å². The average Bonchev–Trinajstić information content (AvgIpc) is 2.90. The lowest BCUT2D eigenvalue weighted by atomic mass is 9.97. The Morgan fingerprint density at radius 3 is 2.53 bits per heavy atom. The SMILES string of the molecule is Cc1cc(C(C)C#N)cc(C(=O)O)c1[SH]1C=CC=C1. The third kappa shape index (κ3) is 2.56. The topological polar surface area (TPSA) is 61.1 Å². The second kappa shape index (κ2) is 5.33. The number of allylic oxidation sites excluding steroid dienone is 2. The molecular formula is C15H15NO2S. The van der Waals surface area contributed by atoms with Gasteiger partial charge in [-0.25, -0.2) is 4.79 Å². The molecule has 0 amide bonds. The van der Waals surface area contributed by atoms with Crippen LogP contribution in [0.5, 0.6) is 0 Å². The van der Waals surface area contributed by atoms with Crippen molar-refractivity contribution in [3.8, 4) is 6.07 Å². The lowest BCUT2D eigenvalue weighted by Gasteiger charge is -2.19. The van der Waals surface area contributed by atoms with Crippen LogP contribution >= 0.6 is 10.9 Å². The number of benzene rings is 1. The summed E-state index contributed by atoms with van der Waals surface area (Å²) in [5, 5.41) is 22.5. The predicted molar refractivity (Wildman–Crippen MR) is 77.7 cm³/mol. The van der Waals surface area contributed by atoms with E-state index in [1.165, 1.54) is 0 Å². The van der Waals surface area contributed by atoms with Gasteiger partial charge < -0.3 is 5.11 Å². The molecule has 1 N–H and O–H groups in total. The first-order valence-corrected chi connectivity index (χ1v) is 7.43. The van der Waals surface area contributed by atoms with Crippen molar-refractivity contribution >= 4 is 16.9 Å². The van der Waals surface area contributed by atoms with Crippen LogP contribution in [0.2, 0.25) is 0 Å². The Labute approximate surface area is 115 Å². The van der Waals surface area contributed by atoms with Crippen molar-refractivity contribution in [2.45, 2.75) is 24.7 Å². The van der Waals surface area contributed by atoms with Crippen molar-refractivity contribution in [2.75, 3.05) is 0 Å². The normalized spacial score (nSPS) is 16.4. The number of carboxylic acids is 1. The Balaban J connectivity index is 2.61. The summed E-state index contributed by atoms with van der Waals surface area (Å²) >= 11 is 0. The highest BCUT2D eigenvalue weighted by Gasteiger charge is 2.19. The summed E-state index contributed by atoms with van der Waals surface area (Å²) in [6.07, 6.45) is 3.89. The molecule has 19 heavy (non-hydrogen) atoms. The second-order valence-corrected chi connectivity index (χ2v) is 6.34. The Kier molecular flexibility index (Phi) is 3.77. The largest absolute Gasteiger partial charge is 0.478 e. The van der Waals surface area contributed by atoms with Crippen LogP contribution < -0.4 is 0 Å². The number of rotatable bonds is 3. The molecule has 1 heterocycles. The molecule has 3 nitrogen and oxygen atoms in total. The Morgan fingerprint density at radius 2 is 2.00 bits per heavy atom. The summed E-state index contributed by atoms with van der Waals surface area (Å²) in [5.74, 6) is -1.23. The molecule has 1 aromatic carbocycles. The van der Waals surface area contributed by atoms with Crippen LogP contribution in [0.4, 0.5) is 0 Å². The fourth-order valence-electron chi connectivity index (χ4n) is 2.12. The first kappa shape index (κ1) is 13.4. The maximum atomic E-state index is 11.5. The van der Waals surface area contributed by atoms with E-state index in [4.69, 9.17) is 5.26 Å². The highest BCUT2D eigenvalue weighted by Crippen LogP contribution is 2.46. The molecular weight excluding hydrogens is 258 g/mol. The van der Waals surface area contributed by atoms with Gasteiger partial charge in [0.2, 0.25) is 0 Å². The molecule has 1 aromatic rings. The fraction of sp³-hybridized carbons (Fsp3) is 0.200. The minimum Gasteiger partial charge on any atom is -0.478 e. The molecule has 0 radical (unpaired) electrons. The third-order valence-electron chi connectivity index (χ3n) is 3.11. The van der Waals surface area contributed by atoms with Crippen LogP contribution in [0.15, 0.2) is 40.0 Å². The maximum Gasteiger partial charge on any atom is 0.336 e. The molecule has 0 saturated carbocycles. The summed E-state index contributed by atoms with van der Waals surface area (Å²) < 4.78 is 0. The number of carbonyl (C=O) groups is 1. The summed E-state index contributed by atoms with van der Waals surface area (Å²) in [6.45, 7) is 3.69. The van der Waals surface area contributed by atoms with Gasteiger partial charge in [-0.05, 0) is 41.9 Å². The van der Waals surface area contributed by atoms with E-state index in [9.17, 15) is 9.90 Å². The lowest BCUT2D eigenvalue weighted by Crippen LogP contribution is -2.04. The molecule has 2 rings (SSSR count). The number of carboxylic acid groups (broad SMARTS) is 1. The van der Waals surface area contributed by atoms with E-state index < -0.39 is 16.9 Å². The van der Waals surface area contributed by atoms with Gasteiger partial charge >= 0.3 is 5.97 Å². The zero-order valence-electron chi connectivity index (χ0n) is 10.8. The number of nitrogens with zero attached hydrogens (tertiary/aromatic N) is 1. The molecule has 1 aliphatic heterocycles. The minimum absolute atomic E-state index is 0.298. The van der Waals surface area contributed by atoms with Gasteiger partial charge in [0.15, 0.2) is 0 Å². The van der Waals surface area contributed by atoms with E-state index in [0.717, 1.165) is 16.0 Å². The maximum absolute atomic E-state index is 11.5. The van der Waals surface area contributed by atoms with Crippen molar-refractivity contribution in [2.24, 2.45) is 0 Å². The molecule has 0 aromatic heterocycles. The van der Waals surface area contributed by atoms with E-state index in [0.29, 0.717) is 5.56 Å².